The summed E-state index contributed by atoms with van der Waals surface area (Å²) in [6, 6.07) is 0. The van der Waals surface area contributed by atoms with Crippen molar-refractivity contribution in [2.45, 2.75) is 66.0 Å². The molecule has 1 aromatic rings. The molecule has 0 radical (unpaired) electrons. The third-order valence-electron chi connectivity index (χ3n) is 3.75. The Morgan fingerprint density at radius 1 is 1.33 bits per heavy atom. The van der Waals surface area contributed by atoms with E-state index in [2.05, 4.69) is 44.7 Å². The molecule has 2 unspecified atom stereocenters. The van der Waals surface area contributed by atoms with Gasteiger partial charge in [-0.2, -0.15) is 5.10 Å². The molecule has 104 valence electrons. The van der Waals surface area contributed by atoms with Gasteiger partial charge in [0.1, 0.15) is 12.7 Å². The molecule has 1 N–H and O–H groups in total. The lowest BCUT2D eigenvalue weighted by Gasteiger charge is -2.42. The topological polar surface area (TPSA) is 50.9 Å². The molecule has 4 nitrogen and oxygen atoms in total. The second-order valence-electron chi connectivity index (χ2n) is 6.47. The van der Waals surface area contributed by atoms with Crippen LogP contribution in [-0.2, 0) is 6.54 Å². The van der Waals surface area contributed by atoms with Crippen molar-refractivity contribution in [3.8, 4) is 0 Å². The summed E-state index contributed by atoms with van der Waals surface area (Å²) in [6.07, 6.45) is 6.28. The minimum Gasteiger partial charge on any atom is -0.387 e. The first kappa shape index (κ1) is 15.2. The number of hydrogen-bond acceptors (Lipinski definition) is 3. The predicted molar refractivity (Wildman–Crippen MR) is 73.1 cm³/mol. The van der Waals surface area contributed by atoms with Gasteiger partial charge in [0.25, 0.3) is 0 Å². The van der Waals surface area contributed by atoms with Crippen molar-refractivity contribution in [2.75, 3.05) is 0 Å². The third-order valence-corrected chi connectivity index (χ3v) is 3.75. The molecule has 0 amide bonds. The van der Waals surface area contributed by atoms with E-state index in [0.717, 1.165) is 19.3 Å². The van der Waals surface area contributed by atoms with Crippen LogP contribution in [0.25, 0.3) is 0 Å². The van der Waals surface area contributed by atoms with Crippen LogP contribution in [0.4, 0.5) is 0 Å². The second-order valence-corrected chi connectivity index (χ2v) is 6.47. The summed E-state index contributed by atoms with van der Waals surface area (Å²) in [7, 11) is 0. The van der Waals surface area contributed by atoms with Gasteiger partial charge in [-0.3, -0.25) is 4.68 Å². The number of nitrogens with zero attached hydrogens (tertiary/aromatic N) is 3. The molecule has 0 aliphatic rings. The first-order valence-corrected chi connectivity index (χ1v) is 6.83. The van der Waals surface area contributed by atoms with E-state index >= 15 is 0 Å². The molecule has 0 saturated carbocycles. The molecule has 0 saturated heterocycles. The average Bonchev–Trinajstić information content (AvgIpc) is 2.68. The molecule has 1 heterocycles. The molecule has 0 aliphatic carbocycles. The van der Waals surface area contributed by atoms with Crippen LogP contribution in [-0.4, -0.2) is 25.5 Å². The zero-order valence-electron chi connectivity index (χ0n) is 12.3. The van der Waals surface area contributed by atoms with E-state index in [0.29, 0.717) is 12.5 Å². The Kier molecular flexibility index (Phi) is 4.91. The summed E-state index contributed by atoms with van der Waals surface area (Å²) in [5, 5.41) is 15.1. The van der Waals surface area contributed by atoms with Crippen molar-refractivity contribution in [3.63, 3.8) is 0 Å². The maximum atomic E-state index is 11.0. The lowest BCUT2D eigenvalue weighted by Crippen LogP contribution is -2.47. The monoisotopic (exact) mass is 253 g/mol. The van der Waals surface area contributed by atoms with Gasteiger partial charge >= 0.3 is 0 Å². The first-order chi connectivity index (χ1) is 8.28. The van der Waals surface area contributed by atoms with E-state index in [1.807, 2.05) is 0 Å². The van der Waals surface area contributed by atoms with Gasteiger partial charge in [-0.05, 0) is 17.8 Å². The molecule has 1 aromatic heterocycles. The molecule has 0 aromatic carbocycles. The molecule has 0 fully saturated rings. The van der Waals surface area contributed by atoms with E-state index in [4.69, 9.17) is 0 Å². The maximum Gasteiger partial charge on any atom is 0.137 e. The van der Waals surface area contributed by atoms with Crippen molar-refractivity contribution in [2.24, 2.45) is 11.3 Å². The lowest BCUT2D eigenvalue weighted by molar-refractivity contribution is -0.0897. The van der Waals surface area contributed by atoms with Crippen molar-refractivity contribution < 1.29 is 5.11 Å². The molecule has 0 bridgehead atoms. The van der Waals surface area contributed by atoms with Crippen molar-refractivity contribution in [3.05, 3.63) is 12.7 Å². The standard InChI is InChI=1S/C14H27N3O/c1-6-7-12(2)8-14(18,13(3,4)5)9-17-11-15-10-16-17/h10-12,18H,6-9H2,1-5H3. The highest BCUT2D eigenvalue weighted by Crippen LogP contribution is 2.37. The smallest absolute Gasteiger partial charge is 0.137 e. The summed E-state index contributed by atoms with van der Waals surface area (Å²) < 4.78 is 1.73. The quantitative estimate of drug-likeness (QED) is 0.848. The van der Waals surface area contributed by atoms with E-state index in [9.17, 15) is 5.11 Å². The Morgan fingerprint density at radius 3 is 2.44 bits per heavy atom. The van der Waals surface area contributed by atoms with Crippen LogP contribution in [0.15, 0.2) is 12.7 Å². The van der Waals surface area contributed by atoms with Gasteiger partial charge in [0.2, 0.25) is 0 Å². The van der Waals surface area contributed by atoms with Gasteiger partial charge in [0.05, 0.1) is 12.1 Å². The number of aliphatic hydroxyl groups is 1. The first-order valence-electron chi connectivity index (χ1n) is 6.83. The fraction of sp³-hybridized carbons (Fsp3) is 0.857. The number of hydrogen-bond donors (Lipinski definition) is 1. The van der Waals surface area contributed by atoms with Crippen molar-refractivity contribution >= 4 is 0 Å². The largest absolute Gasteiger partial charge is 0.387 e. The number of aromatic nitrogens is 3. The molecular formula is C14H27N3O. The Labute approximate surface area is 110 Å². The Balaban J connectivity index is 2.82. The van der Waals surface area contributed by atoms with Crippen LogP contribution in [0.2, 0.25) is 0 Å². The molecular weight excluding hydrogens is 226 g/mol. The van der Waals surface area contributed by atoms with E-state index in [-0.39, 0.29) is 5.41 Å². The van der Waals surface area contributed by atoms with E-state index in [1.54, 1.807) is 11.0 Å². The maximum absolute atomic E-state index is 11.0. The number of rotatable bonds is 6. The van der Waals surface area contributed by atoms with Crippen LogP contribution in [0, 0.1) is 11.3 Å². The molecule has 0 aliphatic heterocycles. The van der Waals surface area contributed by atoms with Crippen LogP contribution in [0.5, 0.6) is 0 Å². The van der Waals surface area contributed by atoms with Gasteiger partial charge < -0.3 is 5.11 Å². The highest BCUT2D eigenvalue weighted by atomic mass is 16.3. The molecule has 2 atom stereocenters. The van der Waals surface area contributed by atoms with Crippen molar-refractivity contribution in [1.82, 2.24) is 14.8 Å². The predicted octanol–water partition coefficient (Wildman–Crippen LogP) is 2.88. The van der Waals surface area contributed by atoms with Gasteiger partial charge in [-0.25, -0.2) is 4.98 Å². The zero-order valence-corrected chi connectivity index (χ0v) is 12.3. The Morgan fingerprint density at radius 2 is 2.00 bits per heavy atom. The normalized spacial score (nSPS) is 17.4. The summed E-state index contributed by atoms with van der Waals surface area (Å²) in [5.41, 5.74) is -0.934. The summed E-state index contributed by atoms with van der Waals surface area (Å²) >= 11 is 0. The summed E-state index contributed by atoms with van der Waals surface area (Å²) in [5.74, 6) is 0.516. The minimum atomic E-state index is -0.755. The highest BCUT2D eigenvalue weighted by molar-refractivity contribution is 4.91. The van der Waals surface area contributed by atoms with Gasteiger partial charge in [0.15, 0.2) is 0 Å². The van der Waals surface area contributed by atoms with Gasteiger partial charge in [-0.1, -0.05) is 47.5 Å². The van der Waals surface area contributed by atoms with Crippen LogP contribution in [0.3, 0.4) is 0 Å². The van der Waals surface area contributed by atoms with E-state index < -0.39 is 5.60 Å². The fourth-order valence-electron chi connectivity index (χ4n) is 2.36. The fourth-order valence-corrected chi connectivity index (χ4v) is 2.36. The van der Waals surface area contributed by atoms with Gasteiger partial charge in [-0.15, -0.1) is 0 Å². The Bertz CT molecular complexity index is 342. The van der Waals surface area contributed by atoms with Gasteiger partial charge in [0, 0.05) is 0 Å². The average molecular weight is 253 g/mol. The van der Waals surface area contributed by atoms with Crippen LogP contribution < -0.4 is 0 Å². The molecule has 18 heavy (non-hydrogen) atoms. The van der Waals surface area contributed by atoms with Crippen LogP contribution >= 0.6 is 0 Å². The SMILES string of the molecule is CCCC(C)CC(O)(Cn1cncn1)C(C)(C)C. The third kappa shape index (κ3) is 3.80. The lowest BCUT2D eigenvalue weighted by atomic mass is 9.71. The second kappa shape index (κ2) is 5.83. The highest BCUT2D eigenvalue weighted by Gasteiger charge is 2.41. The molecule has 1 rings (SSSR count). The molecule has 4 heteroatoms. The molecule has 0 spiro atoms. The van der Waals surface area contributed by atoms with Crippen molar-refractivity contribution in [1.29, 1.82) is 0 Å². The summed E-state index contributed by atoms with van der Waals surface area (Å²) in [6.45, 7) is 11.2. The zero-order chi connectivity index (χ0) is 13.8. The van der Waals surface area contributed by atoms with E-state index in [1.165, 1.54) is 6.33 Å². The Hall–Kier alpha value is -0.900. The summed E-state index contributed by atoms with van der Waals surface area (Å²) in [4.78, 5) is 3.94. The van der Waals surface area contributed by atoms with Crippen LogP contribution in [0.1, 0.15) is 53.9 Å². The minimum absolute atomic E-state index is 0.180.